The van der Waals surface area contributed by atoms with Crippen molar-refractivity contribution in [2.24, 2.45) is 0 Å². The third-order valence-corrected chi connectivity index (χ3v) is 1.91. The maximum atomic E-state index is 10.8. The van der Waals surface area contributed by atoms with Crippen LogP contribution >= 0.6 is 0 Å². The number of hydrogen-bond donors (Lipinski definition) is 0. The second-order valence-electron chi connectivity index (χ2n) is 2.85. The number of rotatable bonds is 1. The van der Waals surface area contributed by atoms with E-state index in [2.05, 4.69) is 0 Å². The first-order valence-corrected chi connectivity index (χ1v) is 3.63. The second kappa shape index (κ2) is 2.01. The van der Waals surface area contributed by atoms with Crippen LogP contribution in [-0.4, -0.2) is 0 Å². The first kappa shape index (κ1) is 5.78. The van der Waals surface area contributed by atoms with Gasteiger partial charge in [0.2, 0.25) is 0 Å². The molecular formula is C9H9O. The average Bonchev–Trinajstić information content (AvgIpc) is 2.68. The molecule has 1 aromatic rings. The zero-order valence-electron chi connectivity index (χ0n) is 5.71. The molecule has 1 heteroatoms. The minimum atomic E-state index is 0.143. The van der Waals surface area contributed by atoms with Crippen LogP contribution in [-0.2, 0) is 5.11 Å². The fraction of sp³-hybridized carbons (Fsp3) is 0.333. The zero-order chi connectivity index (χ0) is 6.97. The van der Waals surface area contributed by atoms with Crippen molar-refractivity contribution in [2.45, 2.75) is 18.8 Å². The molecule has 10 heavy (non-hydrogen) atoms. The van der Waals surface area contributed by atoms with Crippen LogP contribution in [0.5, 0.6) is 5.75 Å². The van der Waals surface area contributed by atoms with Crippen LogP contribution in [0.1, 0.15) is 24.3 Å². The monoisotopic (exact) mass is 133 g/mol. The molecule has 0 atom stereocenters. The molecular weight excluding hydrogens is 124 g/mol. The molecule has 1 fully saturated rings. The maximum absolute atomic E-state index is 10.8. The fourth-order valence-corrected chi connectivity index (χ4v) is 1.19. The summed E-state index contributed by atoms with van der Waals surface area (Å²) in [6.45, 7) is 0. The third-order valence-electron chi connectivity index (χ3n) is 1.91. The standard InChI is InChI=1S/C9H9O/c10-9-3-1-2-8(6-9)7-4-5-7/h1-3,6-7H,4-5H2. The van der Waals surface area contributed by atoms with Crippen LogP contribution in [0.2, 0.25) is 0 Å². The topological polar surface area (TPSA) is 19.9 Å². The van der Waals surface area contributed by atoms with E-state index in [9.17, 15) is 5.11 Å². The van der Waals surface area contributed by atoms with Gasteiger partial charge in [0, 0.05) is 0 Å². The van der Waals surface area contributed by atoms with Gasteiger partial charge in [-0.1, -0.05) is 12.1 Å². The van der Waals surface area contributed by atoms with Crippen molar-refractivity contribution < 1.29 is 5.11 Å². The first-order valence-electron chi connectivity index (χ1n) is 3.63. The highest BCUT2D eigenvalue weighted by Crippen LogP contribution is 2.40. The van der Waals surface area contributed by atoms with Gasteiger partial charge >= 0.3 is 0 Å². The first-order chi connectivity index (χ1) is 4.86. The Labute approximate surface area is 60.3 Å². The molecule has 1 saturated carbocycles. The Bertz CT molecular complexity index is 238. The molecule has 1 nitrogen and oxygen atoms in total. The van der Waals surface area contributed by atoms with Gasteiger partial charge < -0.3 is 0 Å². The Morgan fingerprint density at radius 3 is 2.70 bits per heavy atom. The van der Waals surface area contributed by atoms with E-state index < -0.39 is 0 Å². The zero-order valence-corrected chi connectivity index (χ0v) is 5.71. The van der Waals surface area contributed by atoms with Crippen LogP contribution in [0.4, 0.5) is 0 Å². The molecule has 1 aliphatic carbocycles. The van der Waals surface area contributed by atoms with Gasteiger partial charge in [-0.25, -0.2) is 0 Å². The van der Waals surface area contributed by atoms with Gasteiger partial charge in [0.25, 0.3) is 0 Å². The normalized spacial score (nSPS) is 17.2. The Kier molecular flexibility index (Phi) is 1.16. The molecule has 0 amide bonds. The van der Waals surface area contributed by atoms with Crippen LogP contribution < -0.4 is 0 Å². The quantitative estimate of drug-likeness (QED) is 0.561. The van der Waals surface area contributed by atoms with E-state index in [4.69, 9.17) is 0 Å². The van der Waals surface area contributed by atoms with E-state index in [0.29, 0.717) is 5.92 Å². The van der Waals surface area contributed by atoms with Gasteiger partial charge in [0.05, 0.1) is 0 Å². The van der Waals surface area contributed by atoms with Gasteiger partial charge in [-0.2, -0.15) is 0 Å². The third kappa shape index (κ3) is 0.991. The van der Waals surface area contributed by atoms with Crippen LogP contribution in [0, 0.1) is 0 Å². The summed E-state index contributed by atoms with van der Waals surface area (Å²) in [5, 5.41) is 10.8. The second-order valence-corrected chi connectivity index (χ2v) is 2.85. The molecule has 0 aromatic heterocycles. The highest BCUT2D eigenvalue weighted by Gasteiger charge is 2.23. The van der Waals surface area contributed by atoms with Crippen LogP contribution in [0.15, 0.2) is 24.3 Å². The molecule has 0 aliphatic heterocycles. The van der Waals surface area contributed by atoms with Crippen molar-refractivity contribution in [1.29, 1.82) is 0 Å². The molecule has 1 radical (unpaired) electrons. The summed E-state index contributed by atoms with van der Waals surface area (Å²) >= 11 is 0. The molecule has 1 aromatic carbocycles. The predicted octanol–water partition coefficient (Wildman–Crippen LogP) is 2.71. The Morgan fingerprint density at radius 2 is 2.10 bits per heavy atom. The lowest BCUT2D eigenvalue weighted by atomic mass is 10.1. The van der Waals surface area contributed by atoms with E-state index >= 15 is 0 Å². The molecule has 0 unspecified atom stereocenters. The minimum Gasteiger partial charge on any atom is -0.290 e. The smallest absolute Gasteiger partial charge is 0.178 e. The molecule has 51 valence electrons. The Hall–Kier alpha value is -0.980. The lowest BCUT2D eigenvalue weighted by Crippen LogP contribution is -1.75. The maximum Gasteiger partial charge on any atom is 0.178 e. The molecule has 0 bridgehead atoms. The number of benzene rings is 1. The largest absolute Gasteiger partial charge is 0.290 e. The molecule has 0 N–H and O–H groups in total. The van der Waals surface area contributed by atoms with Crippen LogP contribution in [0.25, 0.3) is 0 Å². The van der Waals surface area contributed by atoms with Crippen molar-refractivity contribution >= 4 is 0 Å². The summed E-state index contributed by atoms with van der Waals surface area (Å²) in [5.41, 5.74) is 1.23. The van der Waals surface area contributed by atoms with Gasteiger partial charge in [-0.3, -0.25) is 5.11 Å². The lowest BCUT2D eigenvalue weighted by Gasteiger charge is -1.94. The Balaban J connectivity index is 2.32. The van der Waals surface area contributed by atoms with Crippen molar-refractivity contribution in [3.8, 4) is 5.75 Å². The minimum absolute atomic E-state index is 0.143. The van der Waals surface area contributed by atoms with E-state index in [1.54, 1.807) is 12.1 Å². The molecule has 0 heterocycles. The summed E-state index contributed by atoms with van der Waals surface area (Å²) in [5.74, 6) is 0.846. The highest BCUT2D eigenvalue weighted by atomic mass is 16.3. The molecule has 0 saturated heterocycles. The summed E-state index contributed by atoms with van der Waals surface area (Å²) < 4.78 is 0. The predicted molar refractivity (Wildman–Crippen MR) is 38.5 cm³/mol. The SMILES string of the molecule is [O]c1cccc(C2CC2)c1. The van der Waals surface area contributed by atoms with Crippen LogP contribution in [0.3, 0.4) is 0 Å². The Morgan fingerprint density at radius 1 is 1.30 bits per heavy atom. The summed E-state index contributed by atoms with van der Waals surface area (Å²) in [4.78, 5) is 0. The van der Waals surface area contributed by atoms with E-state index in [1.807, 2.05) is 12.1 Å². The summed E-state index contributed by atoms with van der Waals surface area (Å²) in [7, 11) is 0. The molecule has 0 spiro atoms. The van der Waals surface area contributed by atoms with E-state index in [1.165, 1.54) is 18.4 Å². The highest BCUT2D eigenvalue weighted by molar-refractivity contribution is 5.31. The van der Waals surface area contributed by atoms with Crippen molar-refractivity contribution in [3.05, 3.63) is 29.8 Å². The average molecular weight is 133 g/mol. The number of hydrogen-bond acceptors (Lipinski definition) is 0. The summed E-state index contributed by atoms with van der Waals surface area (Å²) in [6.07, 6.45) is 2.53. The molecule has 1 aliphatic rings. The van der Waals surface area contributed by atoms with E-state index in [0.717, 1.165) is 0 Å². The summed E-state index contributed by atoms with van der Waals surface area (Å²) in [6, 6.07) is 7.23. The van der Waals surface area contributed by atoms with Crippen molar-refractivity contribution in [3.63, 3.8) is 0 Å². The fourth-order valence-electron chi connectivity index (χ4n) is 1.19. The lowest BCUT2D eigenvalue weighted by molar-refractivity contribution is 0.354. The van der Waals surface area contributed by atoms with Gasteiger partial charge in [-0.05, 0) is 36.5 Å². The van der Waals surface area contributed by atoms with Crippen molar-refractivity contribution in [2.75, 3.05) is 0 Å². The molecule has 2 rings (SSSR count). The van der Waals surface area contributed by atoms with Gasteiger partial charge in [-0.15, -0.1) is 0 Å². The van der Waals surface area contributed by atoms with E-state index in [-0.39, 0.29) is 5.75 Å². The van der Waals surface area contributed by atoms with Crippen molar-refractivity contribution in [1.82, 2.24) is 0 Å². The van der Waals surface area contributed by atoms with Gasteiger partial charge in [0.15, 0.2) is 5.75 Å². The van der Waals surface area contributed by atoms with Gasteiger partial charge in [0.1, 0.15) is 0 Å².